The van der Waals surface area contributed by atoms with Crippen LogP contribution in [0.3, 0.4) is 0 Å². The average Bonchev–Trinajstić information content (AvgIpc) is 2.04. The molecule has 0 bridgehead atoms. The zero-order valence-electron chi connectivity index (χ0n) is 6.77. The molecule has 0 aliphatic carbocycles. The standard InChI is InChI=1S/C8H14P4/c9-7(10)5-3-1-2-4-6(5)8(11)12/h1-4,7-8H,9-12H2. The molecule has 0 radical (unpaired) electrons. The molecule has 4 atom stereocenters. The first-order chi connectivity index (χ1) is 5.63. The normalized spacial score (nSPS) is 11.2. The Hall–Kier alpha value is 0.940. The minimum atomic E-state index is 0.449. The summed E-state index contributed by atoms with van der Waals surface area (Å²) in [6, 6.07) is 8.50. The second kappa shape index (κ2) is 4.98. The van der Waals surface area contributed by atoms with Gasteiger partial charge in [-0.25, -0.2) is 0 Å². The van der Waals surface area contributed by atoms with Crippen LogP contribution in [0.25, 0.3) is 0 Å². The summed E-state index contributed by atoms with van der Waals surface area (Å²) in [5, 5.41) is 0.898. The van der Waals surface area contributed by atoms with Crippen molar-refractivity contribution < 1.29 is 0 Å². The smallest absolute Gasteiger partial charge is 0.0131 e. The minimum absolute atomic E-state index is 0.449. The lowest BCUT2D eigenvalue weighted by Crippen LogP contribution is -1.89. The fraction of sp³-hybridized carbons (Fsp3) is 0.250. The van der Waals surface area contributed by atoms with Crippen LogP contribution in [0.5, 0.6) is 0 Å². The van der Waals surface area contributed by atoms with Crippen LogP contribution in [0.2, 0.25) is 0 Å². The minimum Gasteiger partial charge on any atom is -0.126 e. The average molecular weight is 234 g/mol. The van der Waals surface area contributed by atoms with E-state index in [1.165, 1.54) is 11.1 Å². The highest BCUT2D eigenvalue weighted by atomic mass is 31.1. The molecule has 0 N–H and O–H groups in total. The van der Waals surface area contributed by atoms with E-state index in [9.17, 15) is 0 Å². The second-order valence-electron chi connectivity index (χ2n) is 2.68. The van der Waals surface area contributed by atoms with Crippen molar-refractivity contribution in [2.24, 2.45) is 0 Å². The molecular weight excluding hydrogens is 220 g/mol. The Morgan fingerprint density at radius 3 is 1.33 bits per heavy atom. The molecule has 0 aliphatic heterocycles. The molecule has 4 heteroatoms. The Kier molecular flexibility index (Phi) is 4.57. The summed E-state index contributed by atoms with van der Waals surface area (Å²) in [6.45, 7) is 0. The summed E-state index contributed by atoms with van der Waals surface area (Å²) >= 11 is 0. The van der Waals surface area contributed by atoms with Crippen LogP contribution in [-0.2, 0) is 0 Å². The maximum Gasteiger partial charge on any atom is 0.0131 e. The zero-order chi connectivity index (χ0) is 9.14. The molecule has 12 heavy (non-hydrogen) atoms. The van der Waals surface area contributed by atoms with Crippen LogP contribution in [0, 0.1) is 0 Å². The van der Waals surface area contributed by atoms with E-state index in [1.54, 1.807) is 0 Å². The zero-order valence-corrected chi connectivity index (χ0v) is 11.4. The molecule has 0 saturated heterocycles. The van der Waals surface area contributed by atoms with Gasteiger partial charge in [-0.2, -0.15) is 0 Å². The lowest BCUT2D eigenvalue weighted by atomic mass is 10.1. The Labute approximate surface area is 83.5 Å². The van der Waals surface area contributed by atoms with Crippen LogP contribution in [0.1, 0.15) is 21.9 Å². The van der Waals surface area contributed by atoms with Gasteiger partial charge in [-0.1, -0.05) is 24.3 Å². The maximum atomic E-state index is 2.80. The Balaban J connectivity index is 3.09. The van der Waals surface area contributed by atoms with Gasteiger partial charge in [-0.3, -0.25) is 0 Å². The molecule has 0 saturated carbocycles. The lowest BCUT2D eigenvalue weighted by molar-refractivity contribution is 1.25. The van der Waals surface area contributed by atoms with Gasteiger partial charge in [0.05, 0.1) is 0 Å². The monoisotopic (exact) mass is 234 g/mol. The molecule has 0 amide bonds. The number of hydrogen-bond acceptors (Lipinski definition) is 0. The van der Waals surface area contributed by atoms with Crippen molar-refractivity contribution in [1.29, 1.82) is 0 Å². The maximum absolute atomic E-state index is 2.80. The fourth-order valence-electron chi connectivity index (χ4n) is 1.12. The predicted molar refractivity (Wildman–Crippen MR) is 70.8 cm³/mol. The summed E-state index contributed by atoms with van der Waals surface area (Å²) in [5.74, 6) is 0. The number of benzene rings is 1. The molecule has 1 aromatic rings. The van der Waals surface area contributed by atoms with Crippen molar-refractivity contribution in [2.45, 2.75) is 10.8 Å². The van der Waals surface area contributed by atoms with Crippen molar-refractivity contribution in [1.82, 2.24) is 0 Å². The van der Waals surface area contributed by atoms with Gasteiger partial charge in [-0.15, -0.1) is 37.0 Å². The van der Waals surface area contributed by atoms with Gasteiger partial charge in [0.1, 0.15) is 0 Å². The van der Waals surface area contributed by atoms with Crippen LogP contribution in [0.4, 0.5) is 0 Å². The van der Waals surface area contributed by atoms with E-state index in [0.717, 1.165) is 0 Å². The van der Waals surface area contributed by atoms with E-state index in [1.807, 2.05) is 0 Å². The SMILES string of the molecule is PC(P)c1ccccc1C(P)P. The molecule has 0 nitrogen and oxygen atoms in total. The van der Waals surface area contributed by atoms with Crippen molar-refractivity contribution >= 4 is 37.0 Å². The van der Waals surface area contributed by atoms with Crippen LogP contribution in [-0.4, -0.2) is 0 Å². The Morgan fingerprint density at radius 1 is 0.750 bits per heavy atom. The Bertz CT molecular complexity index is 230. The van der Waals surface area contributed by atoms with Crippen LogP contribution in [0.15, 0.2) is 24.3 Å². The van der Waals surface area contributed by atoms with Gasteiger partial charge in [0.25, 0.3) is 0 Å². The predicted octanol–water partition coefficient (Wildman–Crippen LogP) is 3.18. The fourth-order valence-corrected chi connectivity index (χ4v) is 2.33. The van der Waals surface area contributed by atoms with Gasteiger partial charge in [-0.05, 0) is 11.1 Å². The highest BCUT2D eigenvalue weighted by molar-refractivity contribution is 7.37. The topological polar surface area (TPSA) is 0 Å². The van der Waals surface area contributed by atoms with E-state index in [2.05, 4.69) is 61.2 Å². The van der Waals surface area contributed by atoms with E-state index in [-0.39, 0.29) is 0 Å². The van der Waals surface area contributed by atoms with E-state index < -0.39 is 0 Å². The van der Waals surface area contributed by atoms with Gasteiger partial charge >= 0.3 is 0 Å². The second-order valence-corrected chi connectivity index (χ2v) is 7.09. The van der Waals surface area contributed by atoms with E-state index in [4.69, 9.17) is 0 Å². The first kappa shape index (κ1) is 11.0. The lowest BCUT2D eigenvalue weighted by Gasteiger charge is -2.14. The van der Waals surface area contributed by atoms with Crippen molar-refractivity contribution in [3.63, 3.8) is 0 Å². The van der Waals surface area contributed by atoms with Crippen LogP contribution >= 0.6 is 37.0 Å². The molecule has 1 aromatic carbocycles. The largest absolute Gasteiger partial charge is 0.126 e. The van der Waals surface area contributed by atoms with E-state index >= 15 is 0 Å². The van der Waals surface area contributed by atoms with E-state index in [0.29, 0.717) is 10.8 Å². The molecule has 0 fully saturated rings. The quantitative estimate of drug-likeness (QED) is 0.689. The van der Waals surface area contributed by atoms with Crippen molar-refractivity contribution in [3.05, 3.63) is 35.4 Å². The molecular formula is C8H14P4. The molecule has 0 spiro atoms. The highest BCUT2D eigenvalue weighted by Crippen LogP contribution is 2.39. The van der Waals surface area contributed by atoms with Crippen molar-refractivity contribution in [3.8, 4) is 0 Å². The van der Waals surface area contributed by atoms with Crippen molar-refractivity contribution in [2.75, 3.05) is 0 Å². The third-order valence-electron chi connectivity index (χ3n) is 1.71. The summed E-state index contributed by atoms with van der Waals surface area (Å²) < 4.78 is 0. The van der Waals surface area contributed by atoms with Gasteiger partial charge in [0, 0.05) is 10.8 Å². The molecule has 0 heterocycles. The first-order valence-electron chi connectivity index (χ1n) is 3.74. The highest BCUT2D eigenvalue weighted by Gasteiger charge is 2.08. The van der Waals surface area contributed by atoms with Gasteiger partial charge in [0.15, 0.2) is 0 Å². The third kappa shape index (κ3) is 2.72. The summed E-state index contributed by atoms with van der Waals surface area (Å²) in [5.41, 5.74) is 2.75. The molecule has 0 aromatic heterocycles. The first-order valence-corrected chi connectivity index (χ1v) is 6.40. The summed E-state index contributed by atoms with van der Waals surface area (Å²) in [6.07, 6.45) is 0. The van der Waals surface area contributed by atoms with Gasteiger partial charge < -0.3 is 0 Å². The summed E-state index contributed by atoms with van der Waals surface area (Å²) in [7, 11) is 11.2. The number of rotatable bonds is 2. The summed E-state index contributed by atoms with van der Waals surface area (Å²) in [4.78, 5) is 0. The molecule has 1 rings (SSSR count). The Morgan fingerprint density at radius 2 is 1.08 bits per heavy atom. The van der Waals surface area contributed by atoms with Gasteiger partial charge in [0.2, 0.25) is 0 Å². The third-order valence-corrected chi connectivity index (χ3v) is 3.15. The number of hydrogen-bond donors (Lipinski definition) is 0. The van der Waals surface area contributed by atoms with Crippen LogP contribution < -0.4 is 0 Å². The molecule has 66 valence electrons. The molecule has 4 unspecified atom stereocenters. The molecule has 0 aliphatic rings.